The topological polar surface area (TPSA) is 29.5 Å². The molecule has 0 saturated heterocycles. The molecule has 0 unspecified atom stereocenters. The highest BCUT2D eigenvalue weighted by Crippen LogP contribution is 2.25. The molecule has 0 saturated carbocycles. The van der Waals surface area contributed by atoms with Crippen molar-refractivity contribution in [2.75, 3.05) is 27.2 Å². The van der Waals surface area contributed by atoms with Crippen LogP contribution in [0.25, 0.3) is 0 Å². The van der Waals surface area contributed by atoms with Gasteiger partial charge in [-0.25, -0.2) is 0 Å². The van der Waals surface area contributed by atoms with Crippen molar-refractivity contribution in [2.45, 2.75) is 6.42 Å². The number of aldehydes is 1. The predicted molar refractivity (Wildman–Crippen MR) is 68.0 cm³/mol. The largest absolute Gasteiger partial charge is 0.496 e. The molecule has 1 rings (SSSR count). The summed E-state index contributed by atoms with van der Waals surface area (Å²) >= 11 is 3.45. The van der Waals surface area contributed by atoms with E-state index in [1.807, 2.05) is 30.1 Å². The van der Waals surface area contributed by atoms with Gasteiger partial charge >= 0.3 is 0 Å². The molecule has 0 amide bonds. The normalized spacial score (nSPS) is 10.5. The molecule has 0 aliphatic heterocycles. The molecule has 3 nitrogen and oxygen atoms in total. The van der Waals surface area contributed by atoms with Crippen LogP contribution < -0.4 is 4.74 Å². The first-order valence-electron chi connectivity index (χ1n) is 5.12. The van der Waals surface area contributed by atoms with E-state index in [1.165, 1.54) is 5.56 Å². The van der Waals surface area contributed by atoms with Crippen LogP contribution >= 0.6 is 15.9 Å². The second-order valence-corrected chi connectivity index (χ2v) is 4.50. The molecule has 0 bridgehead atoms. The van der Waals surface area contributed by atoms with Crippen molar-refractivity contribution in [2.24, 2.45) is 0 Å². The highest BCUT2D eigenvalue weighted by atomic mass is 79.9. The summed E-state index contributed by atoms with van der Waals surface area (Å²) in [5.74, 6) is 0.838. The van der Waals surface area contributed by atoms with Gasteiger partial charge in [-0.05, 0) is 47.1 Å². The lowest BCUT2D eigenvalue weighted by atomic mass is 10.1. The molecule has 1 aromatic rings. The third-order valence-electron chi connectivity index (χ3n) is 2.38. The number of carbonyl (C=O) groups is 1. The van der Waals surface area contributed by atoms with Crippen LogP contribution in [0.3, 0.4) is 0 Å². The van der Waals surface area contributed by atoms with Crippen LogP contribution in [0, 0.1) is 0 Å². The minimum Gasteiger partial charge on any atom is -0.496 e. The average Bonchev–Trinajstić information content (AvgIpc) is 2.27. The number of carbonyl (C=O) groups excluding carboxylic acids is 1. The van der Waals surface area contributed by atoms with Gasteiger partial charge in [0.15, 0.2) is 0 Å². The van der Waals surface area contributed by atoms with Gasteiger partial charge in [-0.1, -0.05) is 6.07 Å². The number of rotatable bonds is 6. The second kappa shape index (κ2) is 6.66. The van der Waals surface area contributed by atoms with Gasteiger partial charge in [0.25, 0.3) is 0 Å². The van der Waals surface area contributed by atoms with Crippen LogP contribution in [0.15, 0.2) is 22.7 Å². The minimum absolute atomic E-state index is 0.483. The smallest absolute Gasteiger partial charge is 0.133 e. The van der Waals surface area contributed by atoms with Crippen molar-refractivity contribution in [3.63, 3.8) is 0 Å². The number of ether oxygens (including phenoxy) is 1. The summed E-state index contributed by atoms with van der Waals surface area (Å²) in [6, 6.07) is 6.03. The Morgan fingerprint density at radius 2 is 2.25 bits per heavy atom. The number of hydrogen-bond donors (Lipinski definition) is 0. The van der Waals surface area contributed by atoms with E-state index in [4.69, 9.17) is 4.74 Å². The molecule has 0 atom stereocenters. The zero-order valence-electron chi connectivity index (χ0n) is 9.57. The molecule has 4 heteroatoms. The molecule has 0 spiro atoms. The molecule has 88 valence electrons. The Kier molecular flexibility index (Phi) is 5.49. The van der Waals surface area contributed by atoms with E-state index in [-0.39, 0.29) is 0 Å². The van der Waals surface area contributed by atoms with Gasteiger partial charge in [0.2, 0.25) is 0 Å². The van der Waals surface area contributed by atoms with Crippen molar-refractivity contribution in [1.82, 2.24) is 4.90 Å². The summed E-state index contributed by atoms with van der Waals surface area (Å²) in [7, 11) is 3.59. The van der Waals surface area contributed by atoms with Gasteiger partial charge in [0.05, 0.1) is 18.1 Å². The number of benzene rings is 1. The van der Waals surface area contributed by atoms with Crippen LogP contribution in [0.4, 0.5) is 0 Å². The highest BCUT2D eigenvalue weighted by Gasteiger charge is 2.02. The summed E-state index contributed by atoms with van der Waals surface area (Å²) in [5, 5.41) is 0. The Labute approximate surface area is 105 Å². The Bertz CT molecular complexity index is 355. The van der Waals surface area contributed by atoms with Crippen molar-refractivity contribution in [1.29, 1.82) is 0 Å². The zero-order valence-corrected chi connectivity index (χ0v) is 11.2. The highest BCUT2D eigenvalue weighted by molar-refractivity contribution is 9.10. The monoisotopic (exact) mass is 285 g/mol. The minimum atomic E-state index is 0.483. The Morgan fingerprint density at radius 1 is 1.50 bits per heavy atom. The van der Waals surface area contributed by atoms with E-state index < -0.39 is 0 Å². The fraction of sp³-hybridized carbons (Fsp3) is 0.417. The van der Waals surface area contributed by atoms with Gasteiger partial charge in [-0.2, -0.15) is 0 Å². The SMILES string of the molecule is COc1ccc(CCN(C)CC=O)cc1Br. The lowest BCUT2D eigenvalue weighted by Gasteiger charge is -2.13. The Hall–Kier alpha value is -0.870. The molecule has 0 heterocycles. The molecule has 0 radical (unpaired) electrons. The summed E-state index contributed by atoms with van der Waals surface area (Å²) in [4.78, 5) is 12.3. The second-order valence-electron chi connectivity index (χ2n) is 3.65. The number of likely N-dealkylation sites (N-methyl/N-ethyl adjacent to an activating group) is 1. The van der Waals surface area contributed by atoms with Crippen molar-refractivity contribution < 1.29 is 9.53 Å². The molecule has 0 aromatic heterocycles. The number of methoxy groups -OCH3 is 1. The summed E-state index contributed by atoms with van der Waals surface area (Å²) in [6.07, 6.45) is 1.84. The standard InChI is InChI=1S/C12H16BrNO2/c1-14(7-8-15)6-5-10-3-4-12(16-2)11(13)9-10/h3-4,8-9H,5-7H2,1-2H3. The lowest BCUT2D eigenvalue weighted by Crippen LogP contribution is -2.23. The van der Waals surface area contributed by atoms with Crippen molar-refractivity contribution in [3.8, 4) is 5.75 Å². The molecule has 0 fully saturated rings. The molecule has 0 aliphatic rings. The Morgan fingerprint density at radius 3 is 2.81 bits per heavy atom. The van der Waals surface area contributed by atoms with Crippen molar-refractivity contribution in [3.05, 3.63) is 28.2 Å². The van der Waals surface area contributed by atoms with Crippen LogP contribution in [0.1, 0.15) is 5.56 Å². The van der Waals surface area contributed by atoms with Crippen molar-refractivity contribution >= 4 is 22.2 Å². The van der Waals surface area contributed by atoms with E-state index in [9.17, 15) is 4.79 Å². The van der Waals surface area contributed by atoms with E-state index in [2.05, 4.69) is 15.9 Å². The van der Waals surface area contributed by atoms with Crippen LogP contribution in [0.2, 0.25) is 0 Å². The molecule has 0 N–H and O–H groups in total. The zero-order chi connectivity index (χ0) is 12.0. The maximum atomic E-state index is 10.3. The maximum absolute atomic E-state index is 10.3. The first-order valence-corrected chi connectivity index (χ1v) is 5.91. The molecular formula is C12H16BrNO2. The molecule has 0 aliphatic carbocycles. The molecule has 1 aromatic carbocycles. The quantitative estimate of drug-likeness (QED) is 0.750. The van der Waals surface area contributed by atoms with E-state index in [1.54, 1.807) is 7.11 Å². The fourth-order valence-electron chi connectivity index (χ4n) is 1.40. The first-order chi connectivity index (χ1) is 7.67. The average molecular weight is 286 g/mol. The third-order valence-corrected chi connectivity index (χ3v) is 3.00. The number of hydrogen-bond acceptors (Lipinski definition) is 3. The predicted octanol–water partition coefficient (Wildman–Crippen LogP) is 2.13. The van der Waals surface area contributed by atoms with Crippen LogP contribution in [-0.2, 0) is 11.2 Å². The van der Waals surface area contributed by atoms with Gasteiger partial charge in [0.1, 0.15) is 12.0 Å². The van der Waals surface area contributed by atoms with Crippen LogP contribution in [0.5, 0.6) is 5.75 Å². The third kappa shape index (κ3) is 3.94. The molecular weight excluding hydrogens is 270 g/mol. The fourth-order valence-corrected chi connectivity index (χ4v) is 1.99. The molecule has 16 heavy (non-hydrogen) atoms. The number of halogens is 1. The van der Waals surface area contributed by atoms with Gasteiger partial charge in [-0.15, -0.1) is 0 Å². The summed E-state index contributed by atoms with van der Waals surface area (Å²) in [6.45, 7) is 1.36. The summed E-state index contributed by atoms with van der Waals surface area (Å²) in [5.41, 5.74) is 1.23. The van der Waals surface area contributed by atoms with E-state index in [0.717, 1.165) is 29.5 Å². The Balaban J connectivity index is 2.54. The summed E-state index contributed by atoms with van der Waals surface area (Å²) < 4.78 is 6.12. The number of nitrogens with zero attached hydrogens (tertiary/aromatic N) is 1. The van der Waals surface area contributed by atoms with E-state index >= 15 is 0 Å². The van der Waals surface area contributed by atoms with E-state index in [0.29, 0.717) is 6.54 Å². The van der Waals surface area contributed by atoms with Gasteiger partial charge < -0.3 is 9.53 Å². The first kappa shape index (κ1) is 13.2. The van der Waals surface area contributed by atoms with Crippen LogP contribution in [-0.4, -0.2) is 38.4 Å². The lowest BCUT2D eigenvalue weighted by molar-refractivity contribution is -0.108. The van der Waals surface area contributed by atoms with Gasteiger partial charge in [0, 0.05) is 6.54 Å². The van der Waals surface area contributed by atoms with Gasteiger partial charge in [-0.3, -0.25) is 4.90 Å². The maximum Gasteiger partial charge on any atom is 0.133 e.